The van der Waals surface area contributed by atoms with Gasteiger partial charge in [-0.2, -0.15) is 0 Å². The van der Waals surface area contributed by atoms with Crippen LogP contribution in [0.25, 0.3) is 10.9 Å². The van der Waals surface area contributed by atoms with E-state index in [2.05, 4.69) is 33.4 Å². The first-order valence-electron chi connectivity index (χ1n) is 11.6. The Morgan fingerprint density at radius 1 is 1.03 bits per heavy atom. The van der Waals surface area contributed by atoms with Crippen LogP contribution in [0.1, 0.15) is 48.8 Å². The standard InChI is InChI=1S/C26H32N4O2/c1-20-8-6-11-23-25(20)28-19-30(26(23)32)15-12-24(31)27-17-21-9-7-10-22(16-21)18-29-13-4-2-3-5-14-29/h6-11,16,19H,2-5,12-15,17-18H2,1H3,(H,27,31). The number of fused-ring (bicyclic) bond motifs is 1. The minimum Gasteiger partial charge on any atom is -0.352 e. The van der Waals surface area contributed by atoms with E-state index in [0.717, 1.165) is 23.2 Å². The summed E-state index contributed by atoms with van der Waals surface area (Å²) in [5.41, 5.74) is 3.99. The van der Waals surface area contributed by atoms with Crippen LogP contribution in [0.5, 0.6) is 0 Å². The normalized spacial score (nSPS) is 14.9. The van der Waals surface area contributed by atoms with Gasteiger partial charge in [-0.3, -0.25) is 19.1 Å². The molecule has 0 spiro atoms. The van der Waals surface area contributed by atoms with E-state index in [-0.39, 0.29) is 17.9 Å². The molecule has 0 radical (unpaired) electrons. The number of rotatable bonds is 7. The number of para-hydroxylation sites is 1. The minimum atomic E-state index is -0.104. The number of hydrogen-bond donors (Lipinski definition) is 1. The number of aromatic nitrogens is 2. The fourth-order valence-electron chi connectivity index (χ4n) is 4.40. The average Bonchev–Trinajstić information content (AvgIpc) is 3.07. The van der Waals surface area contributed by atoms with Gasteiger partial charge >= 0.3 is 0 Å². The molecule has 2 aromatic carbocycles. The highest BCUT2D eigenvalue weighted by Gasteiger charge is 2.11. The fraction of sp³-hybridized carbons (Fsp3) is 0.423. The van der Waals surface area contributed by atoms with Gasteiger partial charge in [0.1, 0.15) is 0 Å². The Balaban J connectivity index is 1.30. The van der Waals surface area contributed by atoms with Gasteiger partial charge in [-0.1, -0.05) is 49.2 Å². The van der Waals surface area contributed by atoms with E-state index in [1.807, 2.05) is 25.1 Å². The summed E-state index contributed by atoms with van der Waals surface area (Å²) in [5.74, 6) is -0.0702. The quantitative estimate of drug-likeness (QED) is 0.617. The van der Waals surface area contributed by atoms with Gasteiger partial charge in [-0.15, -0.1) is 0 Å². The number of aryl methyl sites for hydroxylation is 2. The number of carbonyl (C=O) groups is 1. The number of likely N-dealkylation sites (tertiary alicyclic amines) is 1. The van der Waals surface area contributed by atoms with Crippen molar-refractivity contribution >= 4 is 16.8 Å². The third-order valence-corrected chi connectivity index (χ3v) is 6.22. The van der Waals surface area contributed by atoms with Gasteiger partial charge in [0.15, 0.2) is 0 Å². The molecule has 0 bridgehead atoms. The second kappa shape index (κ2) is 10.6. The van der Waals surface area contributed by atoms with Crippen molar-refractivity contribution in [3.63, 3.8) is 0 Å². The number of carbonyl (C=O) groups excluding carboxylic acids is 1. The molecule has 0 aliphatic carbocycles. The summed E-state index contributed by atoms with van der Waals surface area (Å²) in [6.07, 6.45) is 7.02. The van der Waals surface area contributed by atoms with E-state index in [1.54, 1.807) is 6.07 Å². The average molecular weight is 433 g/mol. The summed E-state index contributed by atoms with van der Waals surface area (Å²) < 4.78 is 1.52. The maximum atomic E-state index is 12.7. The van der Waals surface area contributed by atoms with E-state index in [9.17, 15) is 9.59 Å². The number of hydrogen-bond acceptors (Lipinski definition) is 4. The Morgan fingerprint density at radius 2 is 1.78 bits per heavy atom. The summed E-state index contributed by atoms with van der Waals surface area (Å²) in [4.78, 5) is 32.0. The lowest BCUT2D eigenvalue weighted by molar-refractivity contribution is -0.121. The maximum absolute atomic E-state index is 12.7. The summed E-state index contributed by atoms with van der Waals surface area (Å²) in [6.45, 7) is 6.06. The molecule has 1 amide bonds. The molecule has 1 N–H and O–H groups in total. The van der Waals surface area contributed by atoms with Gasteiger partial charge in [0, 0.05) is 26.1 Å². The molecule has 168 valence electrons. The summed E-state index contributed by atoms with van der Waals surface area (Å²) in [7, 11) is 0. The van der Waals surface area contributed by atoms with Crippen LogP contribution in [0.2, 0.25) is 0 Å². The SMILES string of the molecule is Cc1cccc2c(=O)n(CCC(=O)NCc3cccc(CN4CCCCCC4)c3)cnc12. The molecule has 0 unspecified atom stereocenters. The molecule has 2 heterocycles. The van der Waals surface area contributed by atoms with E-state index in [4.69, 9.17) is 0 Å². The van der Waals surface area contributed by atoms with Gasteiger partial charge in [-0.25, -0.2) is 4.98 Å². The zero-order valence-electron chi connectivity index (χ0n) is 18.8. The minimum absolute atomic E-state index is 0.0702. The maximum Gasteiger partial charge on any atom is 0.261 e. The lowest BCUT2D eigenvalue weighted by atomic mass is 10.1. The lowest BCUT2D eigenvalue weighted by Crippen LogP contribution is -2.27. The smallest absolute Gasteiger partial charge is 0.261 e. The zero-order valence-corrected chi connectivity index (χ0v) is 18.8. The molecule has 32 heavy (non-hydrogen) atoms. The summed E-state index contributed by atoms with van der Waals surface area (Å²) in [6, 6.07) is 14.0. The second-order valence-corrected chi connectivity index (χ2v) is 8.75. The van der Waals surface area contributed by atoms with Gasteiger partial charge in [0.05, 0.1) is 17.2 Å². The lowest BCUT2D eigenvalue weighted by Gasteiger charge is -2.20. The topological polar surface area (TPSA) is 67.2 Å². The van der Waals surface area contributed by atoms with Crippen molar-refractivity contribution in [3.05, 3.63) is 75.8 Å². The van der Waals surface area contributed by atoms with Crippen LogP contribution in [-0.4, -0.2) is 33.4 Å². The van der Waals surface area contributed by atoms with E-state index >= 15 is 0 Å². The van der Waals surface area contributed by atoms with Crippen LogP contribution in [-0.2, 0) is 24.4 Å². The molecule has 6 nitrogen and oxygen atoms in total. The van der Waals surface area contributed by atoms with Crippen molar-refractivity contribution in [1.29, 1.82) is 0 Å². The Hall–Kier alpha value is -2.99. The number of benzene rings is 2. The van der Waals surface area contributed by atoms with Crippen molar-refractivity contribution in [2.45, 2.75) is 58.7 Å². The molecular formula is C26H32N4O2. The molecule has 0 saturated carbocycles. The molecule has 3 aromatic rings. The van der Waals surface area contributed by atoms with Crippen LogP contribution in [0.4, 0.5) is 0 Å². The second-order valence-electron chi connectivity index (χ2n) is 8.75. The van der Waals surface area contributed by atoms with Gasteiger partial charge < -0.3 is 5.32 Å². The largest absolute Gasteiger partial charge is 0.352 e. The third-order valence-electron chi connectivity index (χ3n) is 6.22. The first kappa shape index (κ1) is 22.2. The monoisotopic (exact) mass is 432 g/mol. The number of amides is 1. The van der Waals surface area contributed by atoms with Crippen LogP contribution in [0, 0.1) is 6.92 Å². The molecular weight excluding hydrogens is 400 g/mol. The van der Waals surface area contributed by atoms with Crippen LogP contribution in [0.3, 0.4) is 0 Å². The number of nitrogens with one attached hydrogen (secondary N) is 1. The highest BCUT2D eigenvalue weighted by Crippen LogP contribution is 2.14. The highest BCUT2D eigenvalue weighted by molar-refractivity contribution is 5.80. The van der Waals surface area contributed by atoms with E-state index in [1.165, 1.54) is 55.2 Å². The zero-order chi connectivity index (χ0) is 22.3. The predicted octanol–water partition coefficient (Wildman–Crippen LogP) is 3.79. The van der Waals surface area contributed by atoms with Gasteiger partial charge in [0.25, 0.3) is 5.56 Å². The van der Waals surface area contributed by atoms with Crippen LogP contribution in [0.15, 0.2) is 53.6 Å². The Morgan fingerprint density at radius 3 is 2.59 bits per heavy atom. The molecule has 1 aliphatic heterocycles. The fourth-order valence-corrected chi connectivity index (χ4v) is 4.40. The molecule has 0 atom stereocenters. The summed E-state index contributed by atoms with van der Waals surface area (Å²) in [5, 5.41) is 3.58. The molecule has 4 rings (SSSR count). The Kier molecular flexibility index (Phi) is 7.32. The molecule has 1 fully saturated rings. The predicted molar refractivity (Wildman–Crippen MR) is 127 cm³/mol. The Bertz CT molecular complexity index is 1130. The van der Waals surface area contributed by atoms with Crippen LogP contribution < -0.4 is 10.9 Å². The van der Waals surface area contributed by atoms with E-state index < -0.39 is 0 Å². The van der Waals surface area contributed by atoms with Crippen molar-refractivity contribution in [1.82, 2.24) is 19.8 Å². The van der Waals surface area contributed by atoms with Crippen LogP contribution >= 0.6 is 0 Å². The molecule has 6 heteroatoms. The molecule has 1 aromatic heterocycles. The van der Waals surface area contributed by atoms with Crippen molar-refractivity contribution in [2.24, 2.45) is 0 Å². The van der Waals surface area contributed by atoms with Crippen molar-refractivity contribution in [3.8, 4) is 0 Å². The number of nitrogens with zero attached hydrogens (tertiary/aromatic N) is 3. The first-order valence-corrected chi connectivity index (χ1v) is 11.6. The highest BCUT2D eigenvalue weighted by atomic mass is 16.1. The molecule has 1 saturated heterocycles. The molecule has 1 aliphatic rings. The van der Waals surface area contributed by atoms with E-state index in [0.29, 0.717) is 18.5 Å². The Labute approximate surface area is 189 Å². The first-order chi connectivity index (χ1) is 15.6. The van der Waals surface area contributed by atoms with Crippen molar-refractivity contribution < 1.29 is 4.79 Å². The van der Waals surface area contributed by atoms with Crippen molar-refractivity contribution in [2.75, 3.05) is 13.1 Å². The van der Waals surface area contributed by atoms with Gasteiger partial charge in [0.2, 0.25) is 5.91 Å². The summed E-state index contributed by atoms with van der Waals surface area (Å²) >= 11 is 0. The van der Waals surface area contributed by atoms with Gasteiger partial charge in [-0.05, 0) is 55.6 Å². The third kappa shape index (κ3) is 5.62.